The Hall–Kier alpha value is -1.49. The van der Waals surface area contributed by atoms with Crippen LogP contribution in [0.2, 0.25) is 0 Å². The molecule has 128 valence electrons. The monoisotopic (exact) mass is 362 g/mol. The maximum atomic E-state index is 12.5. The summed E-state index contributed by atoms with van der Waals surface area (Å²) in [7, 11) is -7.87. The lowest BCUT2D eigenvalue weighted by molar-refractivity contribution is -0.138. The standard InChI is InChI=1S/C13H18N2O6S2/c1-10(13(16)17)14-22(18,19)11-5-4-6-12(9-11)23(20,21)15-7-2-3-8-15/h4-6,9-10,14H,2-3,7-8H2,1H3,(H,16,17)/t10-/m0/s1. The van der Waals surface area contributed by atoms with Crippen LogP contribution in [0.1, 0.15) is 19.8 Å². The maximum Gasteiger partial charge on any atom is 0.321 e. The highest BCUT2D eigenvalue weighted by Crippen LogP contribution is 2.23. The summed E-state index contributed by atoms with van der Waals surface area (Å²) in [5, 5.41) is 8.79. The smallest absolute Gasteiger partial charge is 0.321 e. The van der Waals surface area contributed by atoms with Gasteiger partial charge in [-0.3, -0.25) is 4.79 Å². The van der Waals surface area contributed by atoms with Crippen molar-refractivity contribution in [1.82, 2.24) is 9.03 Å². The van der Waals surface area contributed by atoms with Crippen molar-refractivity contribution in [1.29, 1.82) is 0 Å². The SMILES string of the molecule is C[C@H](NS(=O)(=O)c1cccc(S(=O)(=O)N2CCCC2)c1)C(=O)O. The number of carbonyl (C=O) groups is 1. The van der Waals surface area contributed by atoms with E-state index in [1.165, 1.54) is 29.4 Å². The van der Waals surface area contributed by atoms with Gasteiger partial charge in [0, 0.05) is 13.1 Å². The number of nitrogens with one attached hydrogen (secondary N) is 1. The van der Waals surface area contributed by atoms with Gasteiger partial charge in [-0.25, -0.2) is 16.8 Å². The summed E-state index contributed by atoms with van der Waals surface area (Å²) in [6.07, 6.45) is 1.55. The van der Waals surface area contributed by atoms with Crippen LogP contribution in [-0.4, -0.2) is 51.3 Å². The number of sulfonamides is 2. The lowest BCUT2D eigenvalue weighted by Gasteiger charge is -2.16. The van der Waals surface area contributed by atoms with Crippen LogP contribution in [0.5, 0.6) is 0 Å². The van der Waals surface area contributed by atoms with Crippen LogP contribution in [-0.2, 0) is 24.8 Å². The fourth-order valence-corrected chi connectivity index (χ4v) is 5.11. The van der Waals surface area contributed by atoms with Gasteiger partial charge in [-0.05, 0) is 38.0 Å². The zero-order chi connectivity index (χ0) is 17.3. The quantitative estimate of drug-likeness (QED) is 0.747. The summed E-state index contributed by atoms with van der Waals surface area (Å²) in [4.78, 5) is 10.4. The molecule has 1 saturated heterocycles. The molecule has 1 aliphatic rings. The molecule has 0 saturated carbocycles. The Kier molecular flexibility index (Phi) is 5.09. The Morgan fingerprint density at radius 3 is 2.30 bits per heavy atom. The van der Waals surface area contributed by atoms with Crippen molar-refractivity contribution in [2.45, 2.75) is 35.6 Å². The van der Waals surface area contributed by atoms with E-state index in [2.05, 4.69) is 0 Å². The highest BCUT2D eigenvalue weighted by Gasteiger charge is 2.29. The first-order valence-corrected chi connectivity index (χ1v) is 9.92. The predicted octanol–water partition coefficient (Wildman–Crippen LogP) is 0.223. The summed E-state index contributed by atoms with van der Waals surface area (Å²) in [5.74, 6) is -1.32. The Bertz CT molecular complexity index is 798. The van der Waals surface area contributed by atoms with Crippen molar-refractivity contribution in [2.24, 2.45) is 0 Å². The maximum absolute atomic E-state index is 12.5. The number of carboxylic acid groups (broad SMARTS) is 1. The molecular formula is C13H18N2O6S2. The van der Waals surface area contributed by atoms with Gasteiger partial charge in [0.25, 0.3) is 0 Å². The Balaban J connectivity index is 2.34. The van der Waals surface area contributed by atoms with E-state index < -0.39 is 32.1 Å². The second kappa shape index (κ2) is 6.56. The number of aliphatic carboxylic acids is 1. The summed E-state index contributed by atoms with van der Waals surface area (Å²) in [6, 6.07) is 3.60. The van der Waals surface area contributed by atoms with E-state index in [0.29, 0.717) is 13.1 Å². The molecule has 1 heterocycles. The number of rotatable bonds is 6. The van der Waals surface area contributed by atoms with Crippen LogP contribution in [0.4, 0.5) is 0 Å². The third-order valence-corrected chi connectivity index (χ3v) is 6.95. The fourth-order valence-electron chi connectivity index (χ4n) is 2.23. The van der Waals surface area contributed by atoms with Crippen molar-refractivity contribution in [3.05, 3.63) is 24.3 Å². The molecule has 2 rings (SSSR count). The molecule has 1 atom stereocenters. The van der Waals surface area contributed by atoms with Gasteiger partial charge >= 0.3 is 5.97 Å². The Labute approximate surface area is 135 Å². The third-order valence-electron chi connectivity index (χ3n) is 3.52. The summed E-state index contributed by atoms with van der Waals surface area (Å²) in [5.41, 5.74) is 0. The van der Waals surface area contributed by atoms with Crippen molar-refractivity contribution in [2.75, 3.05) is 13.1 Å². The molecule has 0 unspecified atom stereocenters. The molecular weight excluding hydrogens is 344 g/mol. The van der Waals surface area contributed by atoms with Gasteiger partial charge in [0.1, 0.15) is 6.04 Å². The predicted molar refractivity (Wildman–Crippen MR) is 81.9 cm³/mol. The normalized spacial score (nSPS) is 18.0. The fraction of sp³-hybridized carbons (Fsp3) is 0.462. The molecule has 0 radical (unpaired) electrons. The molecule has 0 spiro atoms. The average Bonchev–Trinajstić information content (AvgIpc) is 3.02. The van der Waals surface area contributed by atoms with E-state index >= 15 is 0 Å². The highest BCUT2D eigenvalue weighted by molar-refractivity contribution is 7.90. The van der Waals surface area contributed by atoms with Crippen LogP contribution in [0.15, 0.2) is 34.1 Å². The molecule has 1 fully saturated rings. The van der Waals surface area contributed by atoms with Crippen molar-refractivity contribution >= 4 is 26.0 Å². The molecule has 1 aliphatic heterocycles. The Morgan fingerprint density at radius 2 is 1.74 bits per heavy atom. The minimum Gasteiger partial charge on any atom is -0.480 e. The van der Waals surface area contributed by atoms with E-state index in [-0.39, 0.29) is 9.79 Å². The largest absolute Gasteiger partial charge is 0.480 e. The molecule has 1 aromatic rings. The molecule has 2 N–H and O–H groups in total. The van der Waals surface area contributed by atoms with Gasteiger partial charge in [-0.2, -0.15) is 9.03 Å². The third kappa shape index (κ3) is 3.89. The first-order chi connectivity index (χ1) is 10.6. The first kappa shape index (κ1) is 17.9. The van der Waals surface area contributed by atoms with Crippen LogP contribution in [0.25, 0.3) is 0 Å². The molecule has 0 amide bonds. The van der Waals surface area contributed by atoms with Gasteiger partial charge in [-0.1, -0.05) is 6.07 Å². The molecule has 8 nitrogen and oxygen atoms in total. The molecule has 23 heavy (non-hydrogen) atoms. The van der Waals surface area contributed by atoms with Crippen molar-refractivity contribution in [3.8, 4) is 0 Å². The molecule has 0 bridgehead atoms. The number of hydrogen-bond donors (Lipinski definition) is 2. The minimum absolute atomic E-state index is 0.120. The second-order valence-electron chi connectivity index (χ2n) is 5.27. The molecule has 0 aliphatic carbocycles. The first-order valence-electron chi connectivity index (χ1n) is 7.00. The lowest BCUT2D eigenvalue weighted by Crippen LogP contribution is -2.38. The van der Waals surface area contributed by atoms with Gasteiger partial charge in [0.05, 0.1) is 9.79 Å². The number of nitrogens with zero attached hydrogens (tertiary/aromatic N) is 1. The molecule has 0 aromatic heterocycles. The highest BCUT2D eigenvalue weighted by atomic mass is 32.2. The summed E-state index contributed by atoms with van der Waals surface area (Å²) in [6.45, 7) is 2.01. The summed E-state index contributed by atoms with van der Waals surface area (Å²) < 4.78 is 52.5. The molecule has 10 heteroatoms. The zero-order valence-corrected chi connectivity index (χ0v) is 14.1. The number of benzene rings is 1. The van der Waals surface area contributed by atoms with Crippen molar-refractivity contribution in [3.63, 3.8) is 0 Å². The van der Waals surface area contributed by atoms with E-state index in [0.717, 1.165) is 18.9 Å². The summed E-state index contributed by atoms with van der Waals surface area (Å²) >= 11 is 0. The van der Waals surface area contributed by atoms with Crippen molar-refractivity contribution < 1.29 is 26.7 Å². The average molecular weight is 362 g/mol. The van der Waals surface area contributed by atoms with E-state index in [9.17, 15) is 21.6 Å². The second-order valence-corrected chi connectivity index (χ2v) is 8.92. The van der Waals surface area contributed by atoms with E-state index in [4.69, 9.17) is 5.11 Å². The van der Waals surface area contributed by atoms with Crippen LogP contribution in [0, 0.1) is 0 Å². The lowest BCUT2D eigenvalue weighted by atomic mass is 10.4. The number of hydrogen-bond acceptors (Lipinski definition) is 5. The van der Waals surface area contributed by atoms with E-state index in [1.807, 2.05) is 4.72 Å². The van der Waals surface area contributed by atoms with Crippen LogP contribution >= 0.6 is 0 Å². The minimum atomic E-state index is -4.12. The van der Waals surface area contributed by atoms with Crippen LogP contribution in [0.3, 0.4) is 0 Å². The van der Waals surface area contributed by atoms with Gasteiger partial charge in [0.15, 0.2) is 0 Å². The number of carboxylic acids is 1. The molecule has 1 aromatic carbocycles. The van der Waals surface area contributed by atoms with Gasteiger partial charge in [-0.15, -0.1) is 0 Å². The van der Waals surface area contributed by atoms with Crippen LogP contribution < -0.4 is 4.72 Å². The van der Waals surface area contributed by atoms with E-state index in [1.54, 1.807) is 0 Å². The topological polar surface area (TPSA) is 121 Å². The zero-order valence-electron chi connectivity index (χ0n) is 12.5. The van der Waals surface area contributed by atoms with Gasteiger partial charge < -0.3 is 5.11 Å². The Morgan fingerprint density at radius 1 is 1.17 bits per heavy atom. The van der Waals surface area contributed by atoms with Gasteiger partial charge in [0.2, 0.25) is 20.0 Å².